The van der Waals surface area contributed by atoms with Gasteiger partial charge in [-0.3, -0.25) is 9.36 Å². The summed E-state index contributed by atoms with van der Waals surface area (Å²) in [5, 5.41) is 2.80. The largest absolute Gasteiger partial charge is 0.489 e. The zero-order chi connectivity index (χ0) is 20.2. The second kappa shape index (κ2) is 8.45. The molecule has 0 saturated heterocycles. The van der Waals surface area contributed by atoms with Crippen LogP contribution >= 0.6 is 11.3 Å². The first-order chi connectivity index (χ1) is 14.2. The molecular formula is C24H22N2O2S. The quantitative estimate of drug-likeness (QED) is 0.350. The normalized spacial score (nSPS) is 11.0. The molecule has 0 radical (unpaired) electrons. The van der Waals surface area contributed by atoms with Gasteiger partial charge in [0.05, 0.1) is 11.4 Å². The Morgan fingerprint density at radius 1 is 1.10 bits per heavy atom. The van der Waals surface area contributed by atoms with Gasteiger partial charge in [-0.15, -0.1) is 11.3 Å². The standard InChI is InChI=1S/C24H22N2O2S/c1-17(2)21-13-19(10-11-23(21)28-15-18-7-4-3-5-8-18)22-16-29-24(25-22)26-12-6-9-20(26)14-27/h3-14,16-17H,15H2,1-2H3. The van der Waals surface area contributed by atoms with Gasteiger partial charge >= 0.3 is 0 Å². The van der Waals surface area contributed by atoms with E-state index in [9.17, 15) is 4.79 Å². The Labute approximate surface area is 174 Å². The zero-order valence-electron chi connectivity index (χ0n) is 16.4. The molecular weight excluding hydrogens is 380 g/mol. The monoisotopic (exact) mass is 402 g/mol. The number of benzene rings is 2. The molecule has 2 aromatic carbocycles. The van der Waals surface area contributed by atoms with Gasteiger partial charge in [0, 0.05) is 17.1 Å². The summed E-state index contributed by atoms with van der Waals surface area (Å²) >= 11 is 1.52. The van der Waals surface area contributed by atoms with Crippen molar-refractivity contribution in [2.24, 2.45) is 0 Å². The summed E-state index contributed by atoms with van der Waals surface area (Å²) in [5.41, 5.74) is 4.84. The minimum absolute atomic E-state index is 0.324. The van der Waals surface area contributed by atoms with E-state index in [4.69, 9.17) is 9.72 Å². The number of hydrogen-bond acceptors (Lipinski definition) is 4. The molecule has 0 bridgehead atoms. The number of nitrogens with zero attached hydrogens (tertiary/aromatic N) is 2. The summed E-state index contributed by atoms with van der Waals surface area (Å²) in [5.74, 6) is 1.22. The van der Waals surface area contributed by atoms with Crippen molar-refractivity contribution in [3.63, 3.8) is 0 Å². The van der Waals surface area contributed by atoms with Gasteiger partial charge in [-0.05, 0) is 47.4 Å². The molecule has 0 aliphatic carbocycles. The van der Waals surface area contributed by atoms with E-state index in [-0.39, 0.29) is 0 Å². The number of rotatable bonds is 7. The molecule has 5 heteroatoms. The lowest BCUT2D eigenvalue weighted by molar-refractivity contribution is 0.111. The van der Waals surface area contributed by atoms with Crippen LogP contribution in [0.2, 0.25) is 0 Å². The van der Waals surface area contributed by atoms with Gasteiger partial charge < -0.3 is 4.74 Å². The Bertz CT molecular complexity index is 1110. The maximum absolute atomic E-state index is 11.2. The molecule has 4 rings (SSSR count). The highest BCUT2D eigenvalue weighted by molar-refractivity contribution is 7.12. The van der Waals surface area contributed by atoms with E-state index in [0.717, 1.165) is 39.6 Å². The van der Waals surface area contributed by atoms with Crippen LogP contribution in [0.4, 0.5) is 0 Å². The third kappa shape index (κ3) is 4.15. The van der Waals surface area contributed by atoms with Crippen LogP contribution in [-0.2, 0) is 6.61 Å². The van der Waals surface area contributed by atoms with Crippen LogP contribution in [0.5, 0.6) is 5.75 Å². The third-order valence-corrected chi connectivity index (χ3v) is 5.60. The molecule has 146 valence electrons. The van der Waals surface area contributed by atoms with Crippen LogP contribution in [0.1, 0.15) is 41.4 Å². The third-order valence-electron chi connectivity index (χ3n) is 4.76. The fourth-order valence-electron chi connectivity index (χ4n) is 3.20. The van der Waals surface area contributed by atoms with Gasteiger partial charge in [-0.25, -0.2) is 4.98 Å². The van der Waals surface area contributed by atoms with Gasteiger partial charge in [-0.2, -0.15) is 0 Å². The molecule has 0 aliphatic heterocycles. The molecule has 0 spiro atoms. The van der Waals surface area contributed by atoms with Crippen LogP contribution in [0.15, 0.2) is 72.2 Å². The number of carbonyl (C=O) groups is 1. The molecule has 0 fully saturated rings. The fraction of sp³-hybridized carbons (Fsp3) is 0.167. The minimum Gasteiger partial charge on any atom is -0.489 e. The fourth-order valence-corrected chi connectivity index (χ4v) is 4.03. The van der Waals surface area contributed by atoms with Gasteiger partial charge in [-0.1, -0.05) is 44.2 Å². The molecule has 29 heavy (non-hydrogen) atoms. The van der Waals surface area contributed by atoms with E-state index in [0.29, 0.717) is 18.2 Å². The average Bonchev–Trinajstić information content (AvgIpc) is 3.42. The molecule has 0 aliphatic rings. The Morgan fingerprint density at radius 3 is 2.69 bits per heavy atom. The Hall–Kier alpha value is -3.18. The van der Waals surface area contributed by atoms with Crippen LogP contribution < -0.4 is 4.74 Å². The topological polar surface area (TPSA) is 44.1 Å². The molecule has 0 amide bonds. The lowest BCUT2D eigenvalue weighted by Crippen LogP contribution is -2.00. The van der Waals surface area contributed by atoms with E-state index < -0.39 is 0 Å². The summed E-state index contributed by atoms with van der Waals surface area (Å²) in [7, 11) is 0. The Balaban J connectivity index is 1.60. The number of thiazole rings is 1. The van der Waals surface area contributed by atoms with Crippen LogP contribution in [0.25, 0.3) is 16.4 Å². The molecule has 0 saturated carbocycles. The van der Waals surface area contributed by atoms with E-state index in [1.807, 2.05) is 52.5 Å². The van der Waals surface area contributed by atoms with Gasteiger partial charge in [0.1, 0.15) is 12.4 Å². The van der Waals surface area contributed by atoms with Gasteiger partial charge in [0.2, 0.25) is 0 Å². The SMILES string of the molecule is CC(C)c1cc(-c2csc(-n3cccc3C=O)n2)ccc1OCc1ccccc1. The van der Waals surface area contributed by atoms with E-state index in [1.165, 1.54) is 11.3 Å². The van der Waals surface area contributed by atoms with Gasteiger partial charge in [0.25, 0.3) is 0 Å². The highest BCUT2D eigenvalue weighted by atomic mass is 32.1. The van der Waals surface area contributed by atoms with Crippen LogP contribution in [0, 0.1) is 0 Å². The van der Waals surface area contributed by atoms with Crippen molar-refractivity contribution in [2.75, 3.05) is 0 Å². The first kappa shape index (κ1) is 19.2. The lowest BCUT2D eigenvalue weighted by Gasteiger charge is -2.15. The highest BCUT2D eigenvalue weighted by Gasteiger charge is 2.13. The minimum atomic E-state index is 0.324. The summed E-state index contributed by atoms with van der Waals surface area (Å²) in [6.45, 7) is 4.87. The number of ether oxygens (including phenoxy) is 1. The lowest BCUT2D eigenvalue weighted by atomic mass is 9.98. The predicted octanol–water partition coefficient (Wildman–Crippen LogP) is 6.12. The van der Waals surface area contributed by atoms with Crippen molar-refractivity contribution in [3.05, 3.63) is 89.1 Å². The van der Waals surface area contributed by atoms with Crippen molar-refractivity contribution >= 4 is 17.6 Å². The maximum atomic E-state index is 11.2. The first-order valence-corrected chi connectivity index (χ1v) is 10.4. The summed E-state index contributed by atoms with van der Waals surface area (Å²) in [6.07, 6.45) is 2.70. The molecule has 2 aromatic heterocycles. The molecule has 4 nitrogen and oxygen atoms in total. The number of carbonyl (C=O) groups excluding carboxylic acids is 1. The number of hydrogen-bond donors (Lipinski definition) is 0. The highest BCUT2D eigenvalue weighted by Crippen LogP contribution is 2.33. The maximum Gasteiger partial charge on any atom is 0.194 e. The molecule has 4 aromatic rings. The number of aldehydes is 1. The van der Waals surface area contributed by atoms with E-state index in [2.05, 4.69) is 32.0 Å². The van der Waals surface area contributed by atoms with Crippen molar-refractivity contribution < 1.29 is 9.53 Å². The van der Waals surface area contributed by atoms with Crippen molar-refractivity contribution in [1.82, 2.24) is 9.55 Å². The van der Waals surface area contributed by atoms with Crippen LogP contribution in [-0.4, -0.2) is 15.8 Å². The van der Waals surface area contributed by atoms with Crippen molar-refractivity contribution in [2.45, 2.75) is 26.4 Å². The van der Waals surface area contributed by atoms with E-state index >= 15 is 0 Å². The second-order valence-electron chi connectivity index (χ2n) is 7.12. The summed E-state index contributed by atoms with van der Waals surface area (Å²) < 4.78 is 7.92. The Kier molecular flexibility index (Phi) is 5.58. The average molecular weight is 403 g/mol. The molecule has 0 atom stereocenters. The van der Waals surface area contributed by atoms with Crippen LogP contribution in [0.3, 0.4) is 0 Å². The zero-order valence-corrected chi connectivity index (χ0v) is 17.2. The second-order valence-corrected chi connectivity index (χ2v) is 7.95. The first-order valence-electron chi connectivity index (χ1n) is 9.55. The van der Waals surface area contributed by atoms with Gasteiger partial charge in [0.15, 0.2) is 11.4 Å². The van der Waals surface area contributed by atoms with Crippen molar-refractivity contribution in [3.8, 4) is 22.1 Å². The van der Waals surface area contributed by atoms with E-state index in [1.54, 1.807) is 6.07 Å². The molecule has 0 N–H and O–H groups in total. The number of aromatic nitrogens is 2. The molecule has 2 heterocycles. The van der Waals surface area contributed by atoms with Crippen molar-refractivity contribution in [1.29, 1.82) is 0 Å². The Morgan fingerprint density at radius 2 is 1.93 bits per heavy atom. The summed E-state index contributed by atoms with van der Waals surface area (Å²) in [6, 6.07) is 20.0. The predicted molar refractivity (Wildman–Crippen MR) is 117 cm³/mol. The smallest absolute Gasteiger partial charge is 0.194 e. The molecule has 0 unspecified atom stereocenters. The summed E-state index contributed by atoms with van der Waals surface area (Å²) in [4.78, 5) is 15.9.